The zero-order valence-corrected chi connectivity index (χ0v) is 14.8. The van der Waals surface area contributed by atoms with Crippen LogP contribution >= 0.6 is 0 Å². The second-order valence-electron chi connectivity index (χ2n) is 7.05. The number of halogens is 1. The third-order valence-electron chi connectivity index (χ3n) is 5.25. The number of hydrogen-bond donors (Lipinski definition) is 3. The molecule has 0 amide bonds. The maximum atomic E-state index is 14.5. The molecule has 2 heterocycles. The number of aliphatic hydroxyl groups is 1. The zero-order chi connectivity index (χ0) is 18.8. The summed E-state index contributed by atoms with van der Waals surface area (Å²) >= 11 is 0. The summed E-state index contributed by atoms with van der Waals surface area (Å²) in [6.07, 6.45) is 5.90. The summed E-state index contributed by atoms with van der Waals surface area (Å²) in [6, 6.07) is 9.78. The van der Waals surface area contributed by atoms with Crippen LogP contribution in [0.2, 0.25) is 0 Å². The van der Waals surface area contributed by atoms with Crippen molar-refractivity contribution in [3.05, 3.63) is 65.9 Å². The molecule has 1 saturated carbocycles. The number of pyridine rings is 2. The summed E-state index contributed by atoms with van der Waals surface area (Å²) in [6.45, 7) is 0. The second-order valence-corrected chi connectivity index (χ2v) is 7.05. The lowest BCUT2D eigenvalue weighted by molar-refractivity contribution is 0.115. The normalized spacial score (nSPS) is 21.3. The van der Waals surface area contributed by atoms with Gasteiger partial charge in [0.15, 0.2) is 0 Å². The Balaban J connectivity index is 1.76. The molecule has 3 aromatic rings. The van der Waals surface area contributed by atoms with Crippen LogP contribution in [0.4, 0.5) is 4.39 Å². The number of phenols is 1. The van der Waals surface area contributed by atoms with Gasteiger partial charge in [-0.05, 0) is 43.9 Å². The lowest BCUT2D eigenvalue weighted by Gasteiger charge is -2.31. The van der Waals surface area contributed by atoms with E-state index >= 15 is 0 Å². The Bertz CT molecular complexity index is 942. The van der Waals surface area contributed by atoms with Crippen LogP contribution in [0.5, 0.6) is 5.75 Å². The van der Waals surface area contributed by atoms with Crippen molar-refractivity contribution < 1.29 is 14.6 Å². The minimum absolute atomic E-state index is 0.0338. The van der Waals surface area contributed by atoms with Gasteiger partial charge in [-0.1, -0.05) is 18.2 Å². The minimum atomic E-state index is -0.599. The van der Waals surface area contributed by atoms with E-state index in [9.17, 15) is 14.6 Å². The number of hydrogen-bond acceptors (Lipinski definition) is 5. The molecule has 0 spiro atoms. The van der Waals surface area contributed by atoms with Crippen molar-refractivity contribution >= 4 is 10.9 Å². The molecule has 140 valence electrons. The number of nitrogens with zero attached hydrogens (tertiary/aromatic N) is 2. The number of aromatic hydroxyl groups is 1. The minimum Gasteiger partial charge on any atom is -0.505 e. The Morgan fingerprint density at radius 3 is 2.52 bits per heavy atom. The molecule has 5 nitrogen and oxygen atoms in total. The Kier molecular flexibility index (Phi) is 5.01. The average Bonchev–Trinajstić information content (AvgIpc) is 2.69. The number of aromatic nitrogens is 2. The van der Waals surface area contributed by atoms with Gasteiger partial charge in [-0.3, -0.25) is 9.97 Å². The van der Waals surface area contributed by atoms with Crippen LogP contribution in [0.15, 0.2) is 48.8 Å². The third kappa shape index (κ3) is 3.63. The molecule has 0 radical (unpaired) electrons. The van der Waals surface area contributed by atoms with Crippen LogP contribution in [0.3, 0.4) is 0 Å². The van der Waals surface area contributed by atoms with Crippen molar-refractivity contribution in [2.75, 3.05) is 0 Å². The lowest BCUT2D eigenvalue weighted by atomic mass is 9.91. The third-order valence-corrected chi connectivity index (χ3v) is 5.25. The highest BCUT2D eigenvalue weighted by atomic mass is 19.1. The van der Waals surface area contributed by atoms with Gasteiger partial charge < -0.3 is 15.5 Å². The summed E-state index contributed by atoms with van der Waals surface area (Å²) in [5, 5.41) is 24.9. The van der Waals surface area contributed by atoms with Gasteiger partial charge >= 0.3 is 0 Å². The highest BCUT2D eigenvalue weighted by Gasteiger charge is 2.28. The van der Waals surface area contributed by atoms with Gasteiger partial charge in [0.05, 0.1) is 17.8 Å². The molecule has 27 heavy (non-hydrogen) atoms. The number of phenolic OH excluding ortho intramolecular Hbond substituents is 1. The number of fused-ring (bicyclic) bond motifs is 1. The van der Waals surface area contributed by atoms with Crippen molar-refractivity contribution in [1.82, 2.24) is 15.3 Å². The fourth-order valence-electron chi connectivity index (χ4n) is 3.78. The van der Waals surface area contributed by atoms with E-state index in [0.717, 1.165) is 18.2 Å². The molecule has 1 atom stereocenters. The molecule has 1 fully saturated rings. The average molecular weight is 367 g/mol. The Labute approximate surface area is 156 Å². The molecule has 0 saturated heterocycles. The maximum Gasteiger partial charge on any atom is 0.146 e. The quantitative estimate of drug-likeness (QED) is 0.658. The van der Waals surface area contributed by atoms with Crippen LogP contribution in [-0.2, 0) is 0 Å². The fourth-order valence-corrected chi connectivity index (χ4v) is 3.78. The number of rotatable bonds is 4. The maximum absolute atomic E-state index is 14.5. The molecule has 1 aliphatic carbocycles. The fraction of sp³-hybridized carbons (Fsp3) is 0.333. The van der Waals surface area contributed by atoms with Gasteiger partial charge in [0.1, 0.15) is 17.1 Å². The van der Waals surface area contributed by atoms with Crippen molar-refractivity contribution in [2.45, 2.75) is 43.9 Å². The van der Waals surface area contributed by atoms with Crippen LogP contribution in [0.25, 0.3) is 10.9 Å². The van der Waals surface area contributed by atoms with E-state index in [0.29, 0.717) is 23.9 Å². The van der Waals surface area contributed by atoms with Crippen molar-refractivity contribution in [3.63, 3.8) is 0 Å². The van der Waals surface area contributed by atoms with E-state index in [1.807, 2.05) is 18.2 Å². The van der Waals surface area contributed by atoms with Gasteiger partial charge in [-0.15, -0.1) is 0 Å². The predicted molar refractivity (Wildman–Crippen MR) is 101 cm³/mol. The monoisotopic (exact) mass is 367 g/mol. The number of benzene rings is 1. The molecule has 6 heteroatoms. The molecule has 0 bridgehead atoms. The van der Waals surface area contributed by atoms with Crippen molar-refractivity contribution in [1.29, 1.82) is 0 Å². The zero-order valence-electron chi connectivity index (χ0n) is 14.8. The Hall–Kier alpha value is -2.57. The summed E-state index contributed by atoms with van der Waals surface area (Å²) in [4.78, 5) is 8.51. The van der Waals surface area contributed by atoms with E-state index in [1.54, 1.807) is 24.5 Å². The number of nitrogens with one attached hydrogen (secondary N) is 1. The molecule has 0 aliphatic heterocycles. The first kappa shape index (κ1) is 17.8. The van der Waals surface area contributed by atoms with Crippen molar-refractivity contribution in [2.24, 2.45) is 0 Å². The van der Waals surface area contributed by atoms with E-state index in [4.69, 9.17) is 0 Å². The van der Waals surface area contributed by atoms with Gasteiger partial charge in [0.2, 0.25) is 0 Å². The molecule has 1 unspecified atom stereocenters. The van der Waals surface area contributed by atoms with Gasteiger partial charge in [0.25, 0.3) is 0 Å². The van der Waals surface area contributed by atoms with Crippen LogP contribution < -0.4 is 5.32 Å². The summed E-state index contributed by atoms with van der Waals surface area (Å²) < 4.78 is 14.5. The summed E-state index contributed by atoms with van der Waals surface area (Å²) in [5.74, 6) is -0.391. The molecular weight excluding hydrogens is 345 g/mol. The smallest absolute Gasteiger partial charge is 0.146 e. The molecule has 1 aliphatic rings. The first-order valence-electron chi connectivity index (χ1n) is 9.24. The first-order chi connectivity index (χ1) is 13.1. The van der Waals surface area contributed by atoms with E-state index in [-0.39, 0.29) is 23.6 Å². The molecular formula is C21H22FN3O2. The van der Waals surface area contributed by atoms with Gasteiger partial charge in [-0.2, -0.15) is 0 Å². The molecule has 1 aromatic carbocycles. The summed E-state index contributed by atoms with van der Waals surface area (Å²) in [7, 11) is 0. The van der Waals surface area contributed by atoms with Crippen LogP contribution in [0, 0.1) is 5.82 Å². The predicted octanol–water partition coefficient (Wildman–Crippen LogP) is 3.46. The molecule has 2 aromatic heterocycles. The lowest BCUT2D eigenvalue weighted by Crippen LogP contribution is -2.38. The highest BCUT2D eigenvalue weighted by molar-refractivity contribution is 5.85. The highest BCUT2D eigenvalue weighted by Crippen LogP contribution is 2.35. The largest absolute Gasteiger partial charge is 0.505 e. The van der Waals surface area contributed by atoms with E-state index < -0.39 is 11.9 Å². The van der Waals surface area contributed by atoms with Gasteiger partial charge in [-0.25, -0.2) is 4.39 Å². The Morgan fingerprint density at radius 1 is 1.00 bits per heavy atom. The van der Waals surface area contributed by atoms with Crippen molar-refractivity contribution in [3.8, 4) is 5.75 Å². The standard InChI is InChI=1S/C21H22FN3O2/c22-17-4-2-12-24-20(17)19(25-14-6-8-15(26)9-7-14)16-10-5-13-3-1-11-23-18(13)21(16)27/h1-5,10-12,14-15,19,25-27H,6-9H2. The summed E-state index contributed by atoms with van der Waals surface area (Å²) in [5.41, 5.74) is 1.27. The molecule has 4 rings (SSSR count). The van der Waals surface area contributed by atoms with Gasteiger partial charge in [0, 0.05) is 29.4 Å². The van der Waals surface area contributed by atoms with Crippen LogP contribution in [-0.4, -0.2) is 32.3 Å². The van der Waals surface area contributed by atoms with E-state index in [1.165, 1.54) is 6.07 Å². The Morgan fingerprint density at radius 2 is 1.74 bits per heavy atom. The van der Waals surface area contributed by atoms with E-state index in [2.05, 4.69) is 15.3 Å². The van der Waals surface area contributed by atoms with Crippen LogP contribution in [0.1, 0.15) is 43.0 Å². The molecule has 3 N–H and O–H groups in total. The second kappa shape index (κ2) is 7.58. The first-order valence-corrected chi connectivity index (χ1v) is 9.24. The topological polar surface area (TPSA) is 78.3 Å². The SMILES string of the molecule is Oc1c(C(NC2CCC(O)CC2)c2ncccc2F)ccc2cccnc12. The number of aliphatic hydroxyl groups excluding tert-OH is 1.